The number of fused-ring (bicyclic) bond motifs is 2. The summed E-state index contributed by atoms with van der Waals surface area (Å²) in [6, 6.07) is 5.16. The number of allylic oxidation sites excluding steroid dienone is 1. The van der Waals surface area contributed by atoms with Gasteiger partial charge in [0.25, 0.3) is 0 Å². The maximum atomic E-state index is 12.2. The molecule has 0 amide bonds. The fraction of sp³-hybridized carbons (Fsp3) is 0.375. The molecule has 20 heavy (non-hydrogen) atoms. The first-order chi connectivity index (χ1) is 9.43. The van der Waals surface area contributed by atoms with Crippen molar-refractivity contribution in [3.63, 3.8) is 0 Å². The second-order valence-corrected chi connectivity index (χ2v) is 5.74. The molecule has 2 aliphatic rings. The number of carbonyl (C=O) groups excluding carboxylic acids is 2. The summed E-state index contributed by atoms with van der Waals surface area (Å²) in [5, 5.41) is 0. The van der Waals surface area contributed by atoms with Crippen LogP contribution in [0.25, 0.3) is 5.76 Å². The van der Waals surface area contributed by atoms with Crippen molar-refractivity contribution in [2.24, 2.45) is 0 Å². The van der Waals surface area contributed by atoms with Crippen molar-refractivity contribution in [1.82, 2.24) is 0 Å². The predicted molar refractivity (Wildman–Crippen MR) is 73.6 cm³/mol. The van der Waals surface area contributed by atoms with E-state index >= 15 is 0 Å². The number of ether oxygens (including phenoxy) is 2. The molecule has 0 bridgehead atoms. The van der Waals surface area contributed by atoms with Crippen LogP contribution >= 0.6 is 0 Å². The largest absolute Gasteiger partial charge is 0.497 e. The third-order valence-electron chi connectivity index (χ3n) is 3.83. The summed E-state index contributed by atoms with van der Waals surface area (Å²) in [5.74, 6) is 0.199. The number of hydrogen-bond donors (Lipinski definition) is 0. The second-order valence-electron chi connectivity index (χ2n) is 5.74. The van der Waals surface area contributed by atoms with E-state index in [-0.39, 0.29) is 5.60 Å². The molecule has 1 aromatic carbocycles. The minimum atomic E-state index is -0.471. The molecule has 1 heterocycles. The molecule has 0 unspecified atom stereocenters. The van der Waals surface area contributed by atoms with Crippen LogP contribution in [0.15, 0.2) is 23.8 Å². The smallest absolute Gasteiger partial charge is 0.234 e. The third kappa shape index (κ3) is 1.83. The molecular weight excluding hydrogens is 256 g/mol. The van der Waals surface area contributed by atoms with Gasteiger partial charge in [0, 0.05) is 16.7 Å². The minimum Gasteiger partial charge on any atom is -0.497 e. The van der Waals surface area contributed by atoms with E-state index in [2.05, 4.69) is 0 Å². The Bertz CT molecular complexity index is 652. The summed E-state index contributed by atoms with van der Waals surface area (Å²) in [5.41, 5.74) is 1.24. The standard InChI is InChI=1S/C16H16O4/c1-16(2)7-6-11-13(17)14(18)12-8-9(19-3)4-5-10(12)15(11)20-16/h4-5,8H,6-7H2,1-3H3. The molecule has 4 heteroatoms. The van der Waals surface area contributed by atoms with Gasteiger partial charge in [0.15, 0.2) is 0 Å². The van der Waals surface area contributed by atoms with Crippen molar-refractivity contribution in [1.29, 1.82) is 0 Å². The van der Waals surface area contributed by atoms with Gasteiger partial charge in [-0.1, -0.05) is 0 Å². The molecule has 1 aliphatic heterocycles. The summed E-state index contributed by atoms with van der Waals surface area (Å²) in [4.78, 5) is 24.4. The monoisotopic (exact) mass is 272 g/mol. The van der Waals surface area contributed by atoms with Gasteiger partial charge < -0.3 is 9.47 Å². The van der Waals surface area contributed by atoms with E-state index in [1.165, 1.54) is 7.11 Å². The third-order valence-corrected chi connectivity index (χ3v) is 3.83. The quantitative estimate of drug-likeness (QED) is 0.738. The van der Waals surface area contributed by atoms with Crippen molar-refractivity contribution >= 4 is 17.3 Å². The number of hydrogen-bond acceptors (Lipinski definition) is 4. The highest BCUT2D eigenvalue weighted by molar-refractivity contribution is 6.52. The van der Waals surface area contributed by atoms with Crippen LogP contribution in [0.1, 0.15) is 42.6 Å². The van der Waals surface area contributed by atoms with Gasteiger partial charge in [-0.3, -0.25) is 9.59 Å². The summed E-state index contributed by atoms with van der Waals surface area (Å²) in [6.45, 7) is 3.97. The lowest BCUT2D eigenvalue weighted by atomic mass is 9.82. The number of benzene rings is 1. The zero-order chi connectivity index (χ0) is 14.5. The first-order valence-electron chi connectivity index (χ1n) is 6.62. The average Bonchev–Trinajstić information content (AvgIpc) is 2.43. The van der Waals surface area contributed by atoms with E-state index in [0.29, 0.717) is 34.6 Å². The van der Waals surface area contributed by atoms with Gasteiger partial charge in [-0.25, -0.2) is 0 Å². The molecule has 0 N–H and O–H groups in total. The van der Waals surface area contributed by atoms with Crippen LogP contribution in [-0.4, -0.2) is 24.3 Å². The summed E-state index contributed by atoms with van der Waals surface area (Å²) in [7, 11) is 1.53. The van der Waals surface area contributed by atoms with Gasteiger partial charge in [-0.2, -0.15) is 0 Å². The topological polar surface area (TPSA) is 52.6 Å². The average molecular weight is 272 g/mol. The van der Waals surface area contributed by atoms with Crippen LogP contribution < -0.4 is 4.74 Å². The molecule has 0 radical (unpaired) electrons. The molecule has 0 fully saturated rings. The molecule has 3 rings (SSSR count). The van der Waals surface area contributed by atoms with Gasteiger partial charge in [-0.05, 0) is 44.9 Å². The summed E-state index contributed by atoms with van der Waals surface area (Å²) < 4.78 is 11.1. The lowest BCUT2D eigenvalue weighted by Crippen LogP contribution is -2.34. The fourth-order valence-corrected chi connectivity index (χ4v) is 2.66. The minimum absolute atomic E-state index is 0.323. The molecule has 0 spiro atoms. The molecule has 4 nitrogen and oxygen atoms in total. The van der Waals surface area contributed by atoms with Crippen LogP contribution in [0.5, 0.6) is 5.75 Å². The normalized spacial score (nSPS) is 20.1. The Morgan fingerprint density at radius 3 is 2.60 bits per heavy atom. The van der Waals surface area contributed by atoms with Crippen molar-refractivity contribution in [2.45, 2.75) is 32.3 Å². The fourth-order valence-electron chi connectivity index (χ4n) is 2.66. The first-order valence-corrected chi connectivity index (χ1v) is 6.62. The Labute approximate surface area is 117 Å². The second kappa shape index (κ2) is 4.20. The zero-order valence-corrected chi connectivity index (χ0v) is 11.8. The van der Waals surface area contributed by atoms with Gasteiger partial charge in [0.2, 0.25) is 11.6 Å². The SMILES string of the molecule is COc1ccc2c(c1)C(=O)C(=O)C1=C2OC(C)(C)CC1. The van der Waals surface area contributed by atoms with E-state index < -0.39 is 11.6 Å². The van der Waals surface area contributed by atoms with Crippen molar-refractivity contribution in [3.8, 4) is 5.75 Å². The number of rotatable bonds is 1. The maximum absolute atomic E-state index is 12.2. The van der Waals surface area contributed by atoms with Gasteiger partial charge in [0.1, 0.15) is 17.1 Å². The maximum Gasteiger partial charge on any atom is 0.234 e. The Balaban J connectivity index is 2.20. The highest BCUT2D eigenvalue weighted by Crippen LogP contribution is 2.41. The van der Waals surface area contributed by atoms with E-state index in [9.17, 15) is 9.59 Å². The highest BCUT2D eigenvalue weighted by Gasteiger charge is 2.39. The molecule has 0 saturated carbocycles. The lowest BCUT2D eigenvalue weighted by molar-refractivity contribution is -0.112. The van der Waals surface area contributed by atoms with Crippen LogP contribution in [0, 0.1) is 0 Å². The molecule has 104 valence electrons. The van der Waals surface area contributed by atoms with Gasteiger partial charge in [-0.15, -0.1) is 0 Å². The molecule has 1 aliphatic carbocycles. The predicted octanol–water partition coefficient (Wildman–Crippen LogP) is 2.76. The Hall–Kier alpha value is -2.10. The number of ketones is 2. The lowest BCUT2D eigenvalue weighted by Gasteiger charge is -2.36. The molecule has 0 saturated heterocycles. The van der Waals surface area contributed by atoms with Crippen molar-refractivity contribution < 1.29 is 19.1 Å². The summed E-state index contributed by atoms with van der Waals surface area (Å²) in [6.07, 6.45) is 1.31. The number of carbonyl (C=O) groups is 2. The van der Waals surface area contributed by atoms with E-state index in [4.69, 9.17) is 9.47 Å². The van der Waals surface area contributed by atoms with E-state index in [1.807, 2.05) is 13.8 Å². The summed E-state index contributed by atoms with van der Waals surface area (Å²) >= 11 is 0. The van der Waals surface area contributed by atoms with Crippen LogP contribution in [-0.2, 0) is 9.53 Å². The van der Waals surface area contributed by atoms with Crippen molar-refractivity contribution in [3.05, 3.63) is 34.9 Å². The Morgan fingerprint density at radius 2 is 1.90 bits per heavy atom. The van der Waals surface area contributed by atoms with Crippen LogP contribution in [0.3, 0.4) is 0 Å². The first kappa shape index (κ1) is 12.9. The van der Waals surface area contributed by atoms with Gasteiger partial charge >= 0.3 is 0 Å². The molecule has 0 atom stereocenters. The number of methoxy groups -OCH3 is 1. The van der Waals surface area contributed by atoms with Crippen LogP contribution in [0.4, 0.5) is 0 Å². The number of Topliss-reactive ketones (excluding diaryl/α,β-unsaturated/α-hetero) is 2. The van der Waals surface area contributed by atoms with Crippen molar-refractivity contribution in [2.75, 3.05) is 7.11 Å². The van der Waals surface area contributed by atoms with Crippen LogP contribution in [0.2, 0.25) is 0 Å². The van der Waals surface area contributed by atoms with E-state index in [0.717, 1.165) is 6.42 Å². The van der Waals surface area contributed by atoms with Gasteiger partial charge in [0.05, 0.1) is 7.11 Å². The highest BCUT2D eigenvalue weighted by atomic mass is 16.5. The molecule has 1 aromatic rings. The molecule has 0 aromatic heterocycles. The zero-order valence-electron chi connectivity index (χ0n) is 11.8. The molecular formula is C16H16O4. The Morgan fingerprint density at radius 1 is 1.15 bits per heavy atom. The Kier molecular flexibility index (Phi) is 2.71. The van der Waals surface area contributed by atoms with E-state index in [1.54, 1.807) is 18.2 Å².